The summed E-state index contributed by atoms with van der Waals surface area (Å²) in [6.45, 7) is 2.05. The number of amides is 1. The monoisotopic (exact) mass is 262 g/mol. The second-order valence-corrected chi connectivity index (χ2v) is 6.29. The van der Waals surface area contributed by atoms with Crippen LogP contribution < -0.4 is 5.43 Å². The van der Waals surface area contributed by atoms with Crippen LogP contribution in [0.15, 0.2) is 16.5 Å². The van der Waals surface area contributed by atoms with Gasteiger partial charge in [0.2, 0.25) is 5.91 Å². The highest BCUT2D eigenvalue weighted by Gasteiger charge is 2.54. The van der Waals surface area contributed by atoms with Crippen LogP contribution in [0.25, 0.3) is 0 Å². The quantitative estimate of drug-likeness (QED) is 0.660. The van der Waals surface area contributed by atoms with Crippen LogP contribution in [-0.4, -0.2) is 12.1 Å². The molecule has 0 saturated heterocycles. The van der Waals surface area contributed by atoms with E-state index < -0.39 is 0 Å². The van der Waals surface area contributed by atoms with E-state index in [0.29, 0.717) is 11.8 Å². The van der Waals surface area contributed by atoms with Gasteiger partial charge < -0.3 is 0 Å². The van der Waals surface area contributed by atoms with Crippen LogP contribution in [0, 0.1) is 24.7 Å². The molecule has 3 nitrogen and oxygen atoms in total. The van der Waals surface area contributed by atoms with Crippen molar-refractivity contribution in [2.24, 2.45) is 22.9 Å². The number of nitrogens with zero attached hydrogens (tertiary/aromatic N) is 1. The lowest BCUT2D eigenvalue weighted by Crippen LogP contribution is -2.20. The molecule has 2 aliphatic rings. The zero-order chi connectivity index (χ0) is 12.5. The van der Waals surface area contributed by atoms with E-state index in [0.717, 1.165) is 4.88 Å². The van der Waals surface area contributed by atoms with E-state index in [1.54, 1.807) is 17.6 Å². The van der Waals surface area contributed by atoms with E-state index >= 15 is 0 Å². The van der Waals surface area contributed by atoms with Gasteiger partial charge in [-0.25, -0.2) is 5.43 Å². The van der Waals surface area contributed by atoms with E-state index in [9.17, 15) is 4.79 Å². The van der Waals surface area contributed by atoms with Crippen LogP contribution >= 0.6 is 11.3 Å². The van der Waals surface area contributed by atoms with E-state index in [4.69, 9.17) is 0 Å². The maximum atomic E-state index is 12.0. The predicted molar refractivity (Wildman–Crippen MR) is 73.7 cm³/mol. The summed E-state index contributed by atoms with van der Waals surface area (Å²) in [6, 6.07) is 2.06. The molecule has 96 valence electrons. The van der Waals surface area contributed by atoms with Crippen LogP contribution in [-0.2, 0) is 4.79 Å². The average molecular weight is 262 g/mol. The fraction of sp³-hybridized carbons (Fsp3) is 0.571. The highest BCUT2D eigenvalue weighted by molar-refractivity contribution is 7.11. The first-order chi connectivity index (χ1) is 8.77. The highest BCUT2D eigenvalue weighted by Crippen LogP contribution is 2.55. The second kappa shape index (κ2) is 4.84. The summed E-state index contributed by atoms with van der Waals surface area (Å²) < 4.78 is 0. The third-order valence-corrected chi connectivity index (χ3v) is 5.17. The van der Waals surface area contributed by atoms with Crippen molar-refractivity contribution in [3.05, 3.63) is 21.9 Å². The van der Waals surface area contributed by atoms with Crippen LogP contribution in [0.5, 0.6) is 0 Å². The highest BCUT2D eigenvalue weighted by atomic mass is 32.1. The Hall–Kier alpha value is -1.16. The number of fused-ring (bicyclic) bond motifs is 1. The molecule has 0 aromatic carbocycles. The molecule has 0 spiro atoms. The number of aryl methyl sites for hydroxylation is 1. The number of hydrazone groups is 1. The summed E-state index contributed by atoms with van der Waals surface area (Å²) in [5, 5.41) is 6.12. The molecular weight excluding hydrogens is 244 g/mol. The molecule has 2 unspecified atom stereocenters. The van der Waals surface area contributed by atoms with Gasteiger partial charge in [-0.2, -0.15) is 5.10 Å². The smallest absolute Gasteiger partial charge is 0.243 e. The molecule has 1 N–H and O–H groups in total. The number of nitrogens with one attached hydrogen (secondary N) is 1. The van der Waals surface area contributed by atoms with Gasteiger partial charge in [0.25, 0.3) is 0 Å². The molecule has 0 aliphatic heterocycles. The van der Waals surface area contributed by atoms with Gasteiger partial charge in [-0.1, -0.05) is 12.8 Å². The molecule has 0 bridgehead atoms. The van der Waals surface area contributed by atoms with Crippen molar-refractivity contribution in [1.29, 1.82) is 0 Å². The molecule has 4 heteroatoms. The number of hydrogen-bond donors (Lipinski definition) is 1. The Morgan fingerprint density at radius 1 is 1.44 bits per heavy atom. The van der Waals surface area contributed by atoms with Gasteiger partial charge in [0.05, 0.1) is 6.21 Å². The maximum Gasteiger partial charge on any atom is 0.243 e. The van der Waals surface area contributed by atoms with Gasteiger partial charge in [0.1, 0.15) is 0 Å². The Morgan fingerprint density at radius 3 is 2.78 bits per heavy atom. The first kappa shape index (κ1) is 11.9. The van der Waals surface area contributed by atoms with E-state index in [1.807, 2.05) is 5.38 Å². The zero-order valence-electron chi connectivity index (χ0n) is 10.6. The Bertz CT molecular complexity index is 468. The van der Waals surface area contributed by atoms with Gasteiger partial charge in [-0.3, -0.25) is 4.79 Å². The van der Waals surface area contributed by atoms with Gasteiger partial charge in [0, 0.05) is 10.8 Å². The summed E-state index contributed by atoms with van der Waals surface area (Å²) in [6.07, 6.45) is 6.81. The fourth-order valence-corrected chi connectivity index (χ4v) is 3.91. The molecule has 1 amide bonds. The van der Waals surface area contributed by atoms with Crippen LogP contribution in [0.4, 0.5) is 0 Å². The largest absolute Gasteiger partial charge is 0.273 e. The molecule has 3 rings (SSSR count). The van der Waals surface area contributed by atoms with Crippen molar-refractivity contribution in [2.75, 3.05) is 0 Å². The Balaban J connectivity index is 1.53. The maximum absolute atomic E-state index is 12.0. The molecule has 18 heavy (non-hydrogen) atoms. The van der Waals surface area contributed by atoms with E-state index in [2.05, 4.69) is 23.5 Å². The summed E-state index contributed by atoms with van der Waals surface area (Å²) in [5.41, 5.74) is 3.91. The van der Waals surface area contributed by atoms with Crippen molar-refractivity contribution in [3.63, 3.8) is 0 Å². The second-order valence-electron chi connectivity index (χ2n) is 5.34. The third-order valence-electron chi connectivity index (χ3n) is 4.22. The number of thiophene rings is 1. The lowest BCUT2D eigenvalue weighted by Gasteiger charge is -2.04. The Kier molecular flexibility index (Phi) is 3.20. The minimum Gasteiger partial charge on any atom is -0.273 e. The molecule has 2 fully saturated rings. The summed E-state index contributed by atoms with van der Waals surface area (Å²) in [4.78, 5) is 13.1. The summed E-state index contributed by atoms with van der Waals surface area (Å²) >= 11 is 1.64. The number of carbonyl (C=O) groups is 1. The normalized spacial score (nSPS) is 30.2. The molecule has 1 aromatic heterocycles. The molecule has 2 aliphatic carbocycles. The topological polar surface area (TPSA) is 41.5 Å². The van der Waals surface area contributed by atoms with Crippen molar-refractivity contribution in [1.82, 2.24) is 5.43 Å². The lowest BCUT2D eigenvalue weighted by molar-refractivity contribution is -0.122. The molecule has 1 heterocycles. The molecule has 1 aromatic rings. The molecule has 0 radical (unpaired) electrons. The standard InChI is InChI=1S/C14H18N2OS/c1-9-6-7-18-12(9)8-15-16-14(17)13-10-4-2-3-5-11(10)13/h6-8,10-11,13H,2-5H2,1H3,(H,16,17). The summed E-state index contributed by atoms with van der Waals surface area (Å²) in [5.74, 6) is 1.67. The first-order valence-corrected chi connectivity index (χ1v) is 7.52. The van der Waals surface area contributed by atoms with E-state index in [-0.39, 0.29) is 11.8 Å². The number of carbonyl (C=O) groups excluding carboxylic acids is 1. The van der Waals surface area contributed by atoms with E-state index in [1.165, 1.54) is 31.2 Å². The predicted octanol–water partition coefficient (Wildman–Crippen LogP) is 2.94. The number of hydrogen-bond acceptors (Lipinski definition) is 3. The number of rotatable bonds is 3. The molecule has 2 saturated carbocycles. The minimum absolute atomic E-state index is 0.123. The Labute approximate surface area is 111 Å². The van der Waals surface area contributed by atoms with Gasteiger partial charge in [-0.15, -0.1) is 11.3 Å². The van der Waals surface area contributed by atoms with Gasteiger partial charge in [-0.05, 0) is 48.6 Å². The van der Waals surface area contributed by atoms with Crippen LogP contribution in [0.3, 0.4) is 0 Å². The fourth-order valence-electron chi connectivity index (χ4n) is 3.13. The summed E-state index contributed by atoms with van der Waals surface area (Å²) in [7, 11) is 0. The lowest BCUT2D eigenvalue weighted by atomic mass is 10.0. The zero-order valence-corrected chi connectivity index (χ0v) is 11.4. The van der Waals surface area contributed by atoms with Gasteiger partial charge in [0.15, 0.2) is 0 Å². The molecular formula is C14H18N2OS. The minimum atomic E-state index is 0.123. The van der Waals surface area contributed by atoms with Crippen LogP contribution in [0.2, 0.25) is 0 Å². The van der Waals surface area contributed by atoms with Crippen LogP contribution in [0.1, 0.15) is 36.1 Å². The molecule has 2 atom stereocenters. The van der Waals surface area contributed by atoms with Crippen molar-refractivity contribution in [2.45, 2.75) is 32.6 Å². The van der Waals surface area contributed by atoms with Crippen molar-refractivity contribution in [3.8, 4) is 0 Å². The van der Waals surface area contributed by atoms with Crippen molar-refractivity contribution >= 4 is 23.5 Å². The average Bonchev–Trinajstić information content (AvgIpc) is 2.98. The Morgan fingerprint density at radius 2 is 2.17 bits per heavy atom. The van der Waals surface area contributed by atoms with Crippen molar-refractivity contribution < 1.29 is 4.79 Å². The first-order valence-electron chi connectivity index (χ1n) is 6.64. The SMILES string of the molecule is Cc1ccsc1C=NNC(=O)C1C2CCCCC21. The van der Waals surface area contributed by atoms with Gasteiger partial charge >= 0.3 is 0 Å². The third kappa shape index (κ3) is 2.21.